The van der Waals surface area contributed by atoms with E-state index in [9.17, 15) is 0 Å². The van der Waals surface area contributed by atoms with Gasteiger partial charge in [0.2, 0.25) is 0 Å². The third-order valence-electron chi connectivity index (χ3n) is 2.64. The molecule has 0 saturated carbocycles. The summed E-state index contributed by atoms with van der Waals surface area (Å²) in [5.74, 6) is 0. The second-order valence-corrected chi connectivity index (χ2v) is 3.88. The van der Waals surface area contributed by atoms with Crippen molar-refractivity contribution in [2.45, 2.75) is 39.8 Å². The fourth-order valence-electron chi connectivity index (χ4n) is 2.18. The molecule has 1 N–H and O–H groups in total. The molecule has 0 amide bonds. The van der Waals surface area contributed by atoms with E-state index in [1.165, 1.54) is 0 Å². The van der Waals surface area contributed by atoms with Gasteiger partial charge in [0.05, 0.1) is 6.61 Å². The first kappa shape index (κ1) is 13.9. The standard InChI is InChI=1S/C9H20N2O.C2H6/c1-8-6-10(3)7-9(2)11(8)4-5-12;1-2/h8-9,12H,4-7H2,1-3H3;1-2H3. The number of aliphatic hydroxyl groups excluding tert-OH is 1. The van der Waals surface area contributed by atoms with Crippen molar-refractivity contribution in [2.24, 2.45) is 0 Å². The van der Waals surface area contributed by atoms with Crippen LogP contribution in [0.2, 0.25) is 0 Å². The van der Waals surface area contributed by atoms with E-state index in [0.717, 1.165) is 19.6 Å². The van der Waals surface area contributed by atoms with E-state index in [0.29, 0.717) is 12.1 Å². The molecule has 0 aromatic rings. The zero-order valence-corrected chi connectivity index (χ0v) is 10.3. The first-order valence-electron chi connectivity index (χ1n) is 5.70. The van der Waals surface area contributed by atoms with Gasteiger partial charge in [-0.25, -0.2) is 0 Å². The van der Waals surface area contributed by atoms with Crippen LogP contribution in [0, 0.1) is 0 Å². The highest BCUT2D eigenvalue weighted by atomic mass is 16.3. The molecule has 1 fully saturated rings. The van der Waals surface area contributed by atoms with Gasteiger partial charge in [0.15, 0.2) is 0 Å². The third-order valence-corrected chi connectivity index (χ3v) is 2.64. The average molecular weight is 202 g/mol. The van der Waals surface area contributed by atoms with E-state index in [2.05, 4.69) is 30.7 Å². The molecule has 1 saturated heterocycles. The largest absolute Gasteiger partial charge is 0.395 e. The number of piperazine rings is 1. The maximum absolute atomic E-state index is 8.86. The van der Waals surface area contributed by atoms with Gasteiger partial charge in [-0.05, 0) is 20.9 Å². The summed E-state index contributed by atoms with van der Waals surface area (Å²) in [6.45, 7) is 11.8. The molecule has 14 heavy (non-hydrogen) atoms. The van der Waals surface area contributed by atoms with E-state index >= 15 is 0 Å². The Balaban J connectivity index is 0.000000791. The predicted octanol–water partition coefficient (Wildman–Crippen LogP) is 1.03. The molecule has 0 aliphatic carbocycles. The fourth-order valence-corrected chi connectivity index (χ4v) is 2.18. The zero-order chi connectivity index (χ0) is 11.1. The second kappa shape index (κ2) is 7.21. The number of rotatable bonds is 2. The number of nitrogens with zero attached hydrogens (tertiary/aromatic N) is 2. The van der Waals surface area contributed by atoms with Gasteiger partial charge in [0.25, 0.3) is 0 Å². The van der Waals surface area contributed by atoms with Gasteiger partial charge in [0.1, 0.15) is 0 Å². The highest BCUT2D eigenvalue weighted by molar-refractivity contribution is 4.82. The van der Waals surface area contributed by atoms with Gasteiger partial charge in [-0.2, -0.15) is 0 Å². The molecular weight excluding hydrogens is 176 g/mol. The van der Waals surface area contributed by atoms with E-state index in [1.54, 1.807) is 0 Å². The molecule has 3 heteroatoms. The summed E-state index contributed by atoms with van der Waals surface area (Å²) in [4.78, 5) is 4.73. The Morgan fingerprint density at radius 2 is 1.57 bits per heavy atom. The van der Waals surface area contributed by atoms with E-state index in [4.69, 9.17) is 5.11 Å². The minimum absolute atomic E-state index is 0.276. The van der Waals surface area contributed by atoms with Crippen LogP contribution in [-0.2, 0) is 0 Å². The van der Waals surface area contributed by atoms with Crippen LogP contribution in [0.5, 0.6) is 0 Å². The lowest BCUT2D eigenvalue weighted by Crippen LogP contribution is -2.56. The minimum atomic E-state index is 0.276. The van der Waals surface area contributed by atoms with Crippen molar-refractivity contribution >= 4 is 0 Å². The van der Waals surface area contributed by atoms with Crippen LogP contribution in [-0.4, -0.2) is 60.3 Å². The number of β-amino-alcohol motifs (C(OH)–C–C–N with tert-alkyl or cyclic N) is 1. The van der Waals surface area contributed by atoms with Crippen LogP contribution in [0.15, 0.2) is 0 Å². The summed E-state index contributed by atoms with van der Waals surface area (Å²) in [5.41, 5.74) is 0. The molecule has 2 unspecified atom stereocenters. The number of aliphatic hydroxyl groups is 1. The van der Waals surface area contributed by atoms with Gasteiger partial charge in [0, 0.05) is 31.7 Å². The Kier molecular flexibility index (Phi) is 7.15. The van der Waals surface area contributed by atoms with Gasteiger partial charge in [-0.15, -0.1) is 0 Å². The van der Waals surface area contributed by atoms with Crippen molar-refractivity contribution in [3.8, 4) is 0 Å². The molecule has 1 aliphatic heterocycles. The van der Waals surface area contributed by atoms with Crippen molar-refractivity contribution in [2.75, 3.05) is 33.3 Å². The molecular formula is C11H26N2O. The van der Waals surface area contributed by atoms with Gasteiger partial charge in [-0.3, -0.25) is 4.90 Å². The molecule has 3 nitrogen and oxygen atoms in total. The molecule has 1 aliphatic rings. The monoisotopic (exact) mass is 202 g/mol. The minimum Gasteiger partial charge on any atom is -0.395 e. The Morgan fingerprint density at radius 1 is 1.14 bits per heavy atom. The maximum atomic E-state index is 8.86. The Bertz CT molecular complexity index is 129. The normalized spacial score (nSPS) is 29.6. The SMILES string of the molecule is CC.CC1CN(C)CC(C)N1CCO. The van der Waals surface area contributed by atoms with Crippen molar-refractivity contribution in [1.29, 1.82) is 0 Å². The van der Waals surface area contributed by atoms with Gasteiger partial charge >= 0.3 is 0 Å². The Labute approximate surface area is 88.7 Å². The zero-order valence-electron chi connectivity index (χ0n) is 10.3. The molecule has 0 bridgehead atoms. The van der Waals surface area contributed by atoms with E-state index < -0.39 is 0 Å². The number of likely N-dealkylation sites (N-methyl/N-ethyl adjacent to an activating group) is 1. The first-order valence-corrected chi connectivity index (χ1v) is 5.70. The fraction of sp³-hybridized carbons (Fsp3) is 1.00. The maximum Gasteiger partial charge on any atom is 0.0558 e. The van der Waals surface area contributed by atoms with Crippen molar-refractivity contribution in [3.63, 3.8) is 0 Å². The molecule has 86 valence electrons. The summed E-state index contributed by atoms with van der Waals surface area (Å²) in [6, 6.07) is 1.15. The van der Waals surface area contributed by atoms with Crippen molar-refractivity contribution in [1.82, 2.24) is 9.80 Å². The van der Waals surface area contributed by atoms with Crippen LogP contribution in [0.4, 0.5) is 0 Å². The molecule has 2 atom stereocenters. The topological polar surface area (TPSA) is 26.7 Å². The summed E-state index contributed by atoms with van der Waals surface area (Å²) in [7, 11) is 2.16. The highest BCUT2D eigenvalue weighted by Gasteiger charge is 2.26. The Morgan fingerprint density at radius 3 is 1.93 bits per heavy atom. The van der Waals surface area contributed by atoms with Crippen molar-refractivity contribution in [3.05, 3.63) is 0 Å². The number of hydrogen-bond acceptors (Lipinski definition) is 3. The van der Waals surface area contributed by atoms with Crippen LogP contribution < -0.4 is 0 Å². The lowest BCUT2D eigenvalue weighted by Gasteiger charge is -2.42. The lowest BCUT2D eigenvalue weighted by atomic mass is 10.1. The van der Waals surface area contributed by atoms with E-state index in [1.807, 2.05) is 13.8 Å². The summed E-state index contributed by atoms with van der Waals surface area (Å²) in [5, 5.41) is 8.86. The molecule has 0 aromatic carbocycles. The molecule has 1 rings (SSSR count). The van der Waals surface area contributed by atoms with Crippen LogP contribution in [0.1, 0.15) is 27.7 Å². The van der Waals surface area contributed by atoms with Crippen LogP contribution in [0.25, 0.3) is 0 Å². The second-order valence-electron chi connectivity index (χ2n) is 3.88. The predicted molar refractivity (Wildman–Crippen MR) is 61.6 cm³/mol. The van der Waals surface area contributed by atoms with Gasteiger partial charge < -0.3 is 10.0 Å². The Hall–Kier alpha value is -0.120. The summed E-state index contributed by atoms with van der Waals surface area (Å²) in [6.07, 6.45) is 0. The third kappa shape index (κ3) is 3.95. The van der Waals surface area contributed by atoms with Gasteiger partial charge in [-0.1, -0.05) is 13.8 Å². The highest BCUT2D eigenvalue weighted by Crippen LogP contribution is 2.13. The summed E-state index contributed by atoms with van der Waals surface area (Å²) < 4.78 is 0. The van der Waals surface area contributed by atoms with Crippen molar-refractivity contribution < 1.29 is 5.11 Å². The molecule has 0 spiro atoms. The molecule has 0 radical (unpaired) electrons. The van der Waals surface area contributed by atoms with E-state index in [-0.39, 0.29) is 6.61 Å². The lowest BCUT2D eigenvalue weighted by molar-refractivity contribution is 0.0388. The summed E-state index contributed by atoms with van der Waals surface area (Å²) >= 11 is 0. The smallest absolute Gasteiger partial charge is 0.0558 e. The number of hydrogen-bond donors (Lipinski definition) is 1. The molecule has 0 aromatic heterocycles. The van der Waals surface area contributed by atoms with Crippen LogP contribution in [0.3, 0.4) is 0 Å². The van der Waals surface area contributed by atoms with Crippen LogP contribution >= 0.6 is 0 Å². The quantitative estimate of drug-likeness (QED) is 0.724. The molecule has 1 heterocycles. The average Bonchev–Trinajstić information content (AvgIpc) is 2.14. The first-order chi connectivity index (χ1) is 6.65.